The molecule has 1 unspecified atom stereocenters. The topological polar surface area (TPSA) is 67.5 Å². The molecule has 0 radical (unpaired) electrons. The molecule has 6 nitrogen and oxygen atoms in total. The molecule has 1 aliphatic heterocycles. The maximum absolute atomic E-state index is 13.2. The highest BCUT2D eigenvalue weighted by atomic mass is 16.7. The third-order valence-electron chi connectivity index (χ3n) is 6.25. The Kier molecular flexibility index (Phi) is 5.14. The number of carbonyl (C=O) groups excluding carboxylic acids is 1. The van der Waals surface area contributed by atoms with E-state index in [0.717, 1.165) is 41.4 Å². The molecule has 1 aromatic heterocycles. The van der Waals surface area contributed by atoms with Gasteiger partial charge in [-0.25, -0.2) is 4.98 Å². The highest BCUT2D eigenvalue weighted by molar-refractivity contribution is 5.77. The number of rotatable bonds is 6. The maximum Gasteiger partial charge on any atom is 0.231 e. The van der Waals surface area contributed by atoms with Crippen molar-refractivity contribution in [2.24, 2.45) is 0 Å². The van der Waals surface area contributed by atoms with Gasteiger partial charge in [-0.05, 0) is 61.9 Å². The Morgan fingerprint density at radius 1 is 1.19 bits per heavy atom. The Labute approximate surface area is 182 Å². The van der Waals surface area contributed by atoms with E-state index in [-0.39, 0.29) is 18.7 Å². The molecule has 0 spiro atoms. The second-order valence-corrected chi connectivity index (χ2v) is 8.57. The minimum atomic E-state index is 0.100. The van der Waals surface area contributed by atoms with Gasteiger partial charge in [-0.2, -0.15) is 0 Å². The van der Waals surface area contributed by atoms with Gasteiger partial charge in [-0.3, -0.25) is 4.79 Å². The second-order valence-electron chi connectivity index (χ2n) is 8.57. The third-order valence-corrected chi connectivity index (χ3v) is 6.25. The van der Waals surface area contributed by atoms with Crippen molar-refractivity contribution in [3.63, 3.8) is 0 Å². The minimum Gasteiger partial charge on any atom is -0.454 e. The number of H-pyrrole nitrogens is 1. The van der Waals surface area contributed by atoms with Gasteiger partial charge < -0.3 is 19.4 Å². The molecule has 1 N–H and O–H groups in total. The standard InChI is InChI=1S/C25H27N3O3/c1-16(2)28(25(29)12-18-8-7-17-5-3-4-6-20(17)18)14-24-26-13-21(27-24)19-9-10-22-23(11-19)31-15-30-22/h3-6,9-11,13,16,18H,7-8,12,14-15H2,1-2H3,(H,26,27). The van der Waals surface area contributed by atoms with Gasteiger partial charge in [0, 0.05) is 18.0 Å². The summed E-state index contributed by atoms with van der Waals surface area (Å²) in [4.78, 5) is 23.0. The molecule has 0 saturated carbocycles. The van der Waals surface area contributed by atoms with Crippen LogP contribution in [-0.4, -0.2) is 33.6 Å². The summed E-state index contributed by atoms with van der Waals surface area (Å²) in [5.74, 6) is 2.77. The Morgan fingerprint density at radius 2 is 2.03 bits per heavy atom. The van der Waals surface area contributed by atoms with E-state index >= 15 is 0 Å². The summed E-state index contributed by atoms with van der Waals surface area (Å²) in [6, 6.07) is 14.4. The van der Waals surface area contributed by atoms with Crippen molar-refractivity contribution in [1.29, 1.82) is 0 Å². The largest absolute Gasteiger partial charge is 0.454 e. The Morgan fingerprint density at radius 3 is 2.90 bits per heavy atom. The number of carbonyl (C=O) groups is 1. The second kappa shape index (κ2) is 8.10. The Bertz CT molecular complexity index is 1100. The fourth-order valence-electron chi connectivity index (χ4n) is 4.56. The Hall–Kier alpha value is -3.28. The van der Waals surface area contributed by atoms with Gasteiger partial charge in [0.25, 0.3) is 0 Å². The Balaban J connectivity index is 1.29. The summed E-state index contributed by atoms with van der Waals surface area (Å²) < 4.78 is 10.9. The van der Waals surface area contributed by atoms with Crippen LogP contribution in [0.25, 0.3) is 11.3 Å². The smallest absolute Gasteiger partial charge is 0.231 e. The monoisotopic (exact) mass is 417 g/mol. The van der Waals surface area contributed by atoms with Crippen LogP contribution < -0.4 is 9.47 Å². The molecule has 0 saturated heterocycles. The normalized spacial score (nSPS) is 16.5. The molecule has 0 fully saturated rings. The van der Waals surface area contributed by atoms with E-state index < -0.39 is 0 Å². The van der Waals surface area contributed by atoms with Gasteiger partial charge in [0.15, 0.2) is 11.5 Å². The molecule has 2 aliphatic rings. The van der Waals surface area contributed by atoms with Crippen LogP contribution in [0.15, 0.2) is 48.7 Å². The van der Waals surface area contributed by atoms with Crippen LogP contribution in [0.2, 0.25) is 0 Å². The summed E-state index contributed by atoms with van der Waals surface area (Å²) in [6.45, 7) is 4.84. The molecular weight excluding hydrogens is 390 g/mol. The lowest BCUT2D eigenvalue weighted by atomic mass is 9.97. The average molecular weight is 418 g/mol. The lowest BCUT2D eigenvalue weighted by molar-refractivity contribution is -0.134. The van der Waals surface area contributed by atoms with Crippen molar-refractivity contribution < 1.29 is 14.3 Å². The first-order valence-electron chi connectivity index (χ1n) is 10.9. The first-order valence-corrected chi connectivity index (χ1v) is 10.9. The molecule has 2 aromatic carbocycles. The van der Waals surface area contributed by atoms with Gasteiger partial charge in [0.05, 0.1) is 18.4 Å². The van der Waals surface area contributed by atoms with Crippen LogP contribution in [0.1, 0.15) is 49.6 Å². The zero-order valence-electron chi connectivity index (χ0n) is 17.9. The fourth-order valence-corrected chi connectivity index (χ4v) is 4.56. The molecule has 5 rings (SSSR count). The zero-order valence-corrected chi connectivity index (χ0v) is 17.9. The predicted octanol–water partition coefficient (Wildman–Crippen LogP) is 4.66. The molecule has 31 heavy (non-hydrogen) atoms. The summed E-state index contributed by atoms with van der Waals surface area (Å²) in [6.07, 6.45) is 4.47. The first-order chi connectivity index (χ1) is 15.1. The SMILES string of the molecule is CC(C)N(Cc1ncc(-c2ccc3c(c2)OCO3)[nH]1)C(=O)CC1CCc2ccccc21. The number of ether oxygens (including phenoxy) is 2. The summed E-state index contributed by atoms with van der Waals surface area (Å²) in [5, 5.41) is 0. The minimum absolute atomic E-state index is 0.100. The molecule has 3 aromatic rings. The molecular formula is C25H27N3O3. The van der Waals surface area contributed by atoms with Gasteiger partial charge >= 0.3 is 0 Å². The average Bonchev–Trinajstić information content (AvgIpc) is 3.51. The lowest BCUT2D eigenvalue weighted by Crippen LogP contribution is -2.37. The lowest BCUT2D eigenvalue weighted by Gasteiger charge is -2.27. The number of hydrogen-bond acceptors (Lipinski definition) is 4. The van der Waals surface area contributed by atoms with Crippen LogP contribution in [0, 0.1) is 0 Å². The molecule has 160 valence electrons. The van der Waals surface area contributed by atoms with Crippen LogP contribution in [0.5, 0.6) is 11.5 Å². The highest BCUT2D eigenvalue weighted by Crippen LogP contribution is 2.37. The molecule has 1 atom stereocenters. The first kappa shape index (κ1) is 19.7. The van der Waals surface area contributed by atoms with Crippen LogP contribution >= 0.6 is 0 Å². The third kappa shape index (κ3) is 3.90. The van der Waals surface area contributed by atoms with E-state index in [2.05, 4.69) is 48.1 Å². The number of imidazole rings is 1. The van der Waals surface area contributed by atoms with Crippen molar-refractivity contribution in [1.82, 2.24) is 14.9 Å². The molecule has 1 amide bonds. The number of nitrogens with one attached hydrogen (secondary N) is 1. The number of aromatic nitrogens is 2. The van der Waals surface area contributed by atoms with E-state index in [0.29, 0.717) is 18.9 Å². The van der Waals surface area contributed by atoms with Crippen molar-refractivity contribution in [3.8, 4) is 22.8 Å². The molecule has 6 heteroatoms. The quantitative estimate of drug-likeness (QED) is 0.633. The summed E-state index contributed by atoms with van der Waals surface area (Å²) in [7, 11) is 0. The van der Waals surface area contributed by atoms with Crippen molar-refractivity contribution in [2.75, 3.05) is 6.79 Å². The van der Waals surface area contributed by atoms with Crippen molar-refractivity contribution in [3.05, 3.63) is 65.6 Å². The van der Waals surface area contributed by atoms with Crippen LogP contribution in [0.4, 0.5) is 0 Å². The number of aromatic amines is 1. The number of fused-ring (bicyclic) bond motifs is 2. The zero-order chi connectivity index (χ0) is 21.4. The van der Waals surface area contributed by atoms with Crippen molar-refractivity contribution >= 4 is 5.91 Å². The van der Waals surface area contributed by atoms with Crippen LogP contribution in [0.3, 0.4) is 0 Å². The van der Waals surface area contributed by atoms with Gasteiger partial charge in [0.2, 0.25) is 12.7 Å². The van der Waals surface area contributed by atoms with Crippen LogP contribution in [-0.2, 0) is 17.8 Å². The molecule has 1 aliphatic carbocycles. The van der Waals surface area contributed by atoms with E-state index in [4.69, 9.17) is 9.47 Å². The number of hydrogen-bond donors (Lipinski definition) is 1. The van der Waals surface area contributed by atoms with E-state index in [9.17, 15) is 4.79 Å². The highest BCUT2D eigenvalue weighted by Gasteiger charge is 2.28. The van der Waals surface area contributed by atoms with Gasteiger partial charge in [0.1, 0.15) is 5.82 Å². The number of benzene rings is 2. The maximum atomic E-state index is 13.2. The van der Waals surface area contributed by atoms with Crippen molar-refractivity contribution in [2.45, 2.75) is 51.6 Å². The molecule has 0 bridgehead atoms. The number of amides is 1. The molecule has 2 heterocycles. The number of nitrogens with zero attached hydrogens (tertiary/aromatic N) is 2. The van der Waals surface area contributed by atoms with E-state index in [1.807, 2.05) is 29.3 Å². The summed E-state index contributed by atoms with van der Waals surface area (Å²) in [5.41, 5.74) is 4.60. The number of aryl methyl sites for hydroxylation is 1. The van der Waals surface area contributed by atoms with Gasteiger partial charge in [-0.15, -0.1) is 0 Å². The van der Waals surface area contributed by atoms with Gasteiger partial charge in [-0.1, -0.05) is 24.3 Å². The predicted molar refractivity (Wildman–Crippen MR) is 118 cm³/mol. The fraction of sp³-hybridized carbons (Fsp3) is 0.360. The van der Waals surface area contributed by atoms with E-state index in [1.54, 1.807) is 0 Å². The summed E-state index contributed by atoms with van der Waals surface area (Å²) >= 11 is 0. The van der Waals surface area contributed by atoms with E-state index in [1.165, 1.54) is 11.1 Å².